The van der Waals surface area contributed by atoms with Crippen molar-refractivity contribution in [2.75, 3.05) is 7.05 Å². The molecular weight excluding hydrogens is 256 g/mol. The summed E-state index contributed by atoms with van der Waals surface area (Å²) in [6, 6.07) is 6.66. The van der Waals surface area contributed by atoms with Crippen molar-refractivity contribution in [1.29, 1.82) is 0 Å². The molecule has 0 atom stereocenters. The first-order chi connectivity index (χ1) is 10.1. The third kappa shape index (κ3) is 3.34. The topological polar surface area (TPSA) is 24.1 Å². The van der Waals surface area contributed by atoms with E-state index in [-0.39, 0.29) is 0 Å². The molecule has 0 aliphatic carbocycles. The van der Waals surface area contributed by atoms with Crippen LogP contribution < -0.4 is 10.6 Å². The zero-order chi connectivity index (χ0) is 15.4. The maximum atomic E-state index is 4.14. The molecule has 2 N–H and O–H groups in total. The summed E-state index contributed by atoms with van der Waals surface area (Å²) in [6.07, 6.45) is 5.15. The fourth-order valence-corrected chi connectivity index (χ4v) is 2.56. The third-order valence-electron chi connectivity index (χ3n) is 3.73. The lowest BCUT2D eigenvalue weighted by Gasteiger charge is -2.20. The number of dihydropyridines is 1. The normalized spacial score (nSPS) is 14.3. The first-order valence-electron chi connectivity index (χ1n) is 7.37. The Balaban J connectivity index is 2.37. The van der Waals surface area contributed by atoms with Crippen LogP contribution >= 0.6 is 0 Å². The Morgan fingerprint density at radius 2 is 2.10 bits per heavy atom. The number of aryl methyl sites for hydroxylation is 1. The van der Waals surface area contributed by atoms with E-state index in [1.807, 2.05) is 20.2 Å². The van der Waals surface area contributed by atoms with Gasteiger partial charge < -0.3 is 10.6 Å². The van der Waals surface area contributed by atoms with Gasteiger partial charge in [0.2, 0.25) is 0 Å². The lowest BCUT2D eigenvalue weighted by molar-refractivity contribution is 0.812. The van der Waals surface area contributed by atoms with Crippen LogP contribution in [-0.4, -0.2) is 7.05 Å². The minimum Gasteiger partial charge on any atom is -0.361 e. The Hall–Kier alpha value is -2.06. The van der Waals surface area contributed by atoms with Gasteiger partial charge in [0.15, 0.2) is 0 Å². The van der Waals surface area contributed by atoms with Crippen molar-refractivity contribution >= 4 is 5.70 Å². The van der Waals surface area contributed by atoms with Crippen molar-refractivity contribution in [2.45, 2.75) is 26.8 Å². The van der Waals surface area contributed by atoms with Crippen LogP contribution in [0.1, 0.15) is 30.5 Å². The van der Waals surface area contributed by atoms with Gasteiger partial charge in [-0.05, 0) is 54.3 Å². The van der Waals surface area contributed by atoms with Crippen LogP contribution in [0.4, 0.5) is 0 Å². The lowest BCUT2D eigenvalue weighted by atomic mass is 9.94. The second kappa shape index (κ2) is 6.59. The van der Waals surface area contributed by atoms with Gasteiger partial charge in [-0.2, -0.15) is 0 Å². The van der Waals surface area contributed by atoms with Crippen LogP contribution in [-0.2, 0) is 13.0 Å². The molecule has 1 aromatic rings. The van der Waals surface area contributed by atoms with Crippen molar-refractivity contribution < 1.29 is 0 Å². The number of benzene rings is 1. The highest BCUT2D eigenvalue weighted by Crippen LogP contribution is 2.27. The van der Waals surface area contributed by atoms with Crippen LogP contribution in [0.2, 0.25) is 0 Å². The molecule has 0 saturated carbocycles. The van der Waals surface area contributed by atoms with Gasteiger partial charge in [0, 0.05) is 24.0 Å². The molecule has 2 rings (SSSR count). The molecular formula is C19H24N2. The fourth-order valence-electron chi connectivity index (χ4n) is 2.56. The van der Waals surface area contributed by atoms with Gasteiger partial charge in [0.1, 0.15) is 0 Å². The molecule has 0 unspecified atom stereocenters. The molecule has 21 heavy (non-hydrogen) atoms. The van der Waals surface area contributed by atoms with Crippen molar-refractivity contribution in [2.24, 2.45) is 0 Å². The lowest BCUT2D eigenvalue weighted by Crippen LogP contribution is -2.15. The summed E-state index contributed by atoms with van der Waals surface area (Å²) in [5.74, 6) is 0. The maximum absolute atomic E-state index is 4.14. The van der Waals surface area contributed by atoms with Crippen LogP contribution in [0.25, 0.3) is 5.70 Å². The Bertz CT molecular complexity index is 633. The Kier molecular flexibility index (Phi) is 4.81. The van der Waals surface area contributed by atoms with Crippen LogP contribution in [0, 0.1) is 0 Å². The molecule has 110 valence electrons. The van der Waals surface area contributed by atoms with Gasteiger partial charge in [0.25, 0.3) is 0 Å². The molecule has 1 heterocycles. The van der Waals surface area contributed by atoms with E-state index in [1.165, 1.54) is 16.7 Å². The predicted octanol–water partition coefficient (Wildman–Crippen LogP) is 3.93. The number of allylic oxidation sites excluding steroid dienone is 4. The molecule has 1 aliphatic heterocycles. The van der Waals surface area contributed by atoms with E-state index in [1.54, 1.807) is 0 Å². The maximum Gasteiger partial charge on any atom is 0.0462 e. The van der Waals surface area contributed by atoms with Gasteiger partial charge in [0.05, 0.1) is 0 Å². The van der Waals surface area contributed by atoms with Gasteiger partial charge in [-0.15, -0.1) is 0 Å². The quantitative estimate of drug-likeness (QED) is 0.854. The monoisotopic (exact) mass is 280 g/mol. The first kappa shape index (κ1) is 15.3. The SMILES string of the molecule is C=C(C)C1=CNC(c2ccc(CC)cc2CNC)=CC1=C. The standard InChI is InChI=1S/C19H24N2/c1-6-15-7-8-17(16(10-15)11-20-5)19-9-14(4)18(12-21-19)13(2)3/h7-10,12,20-21H,2,4,6,11H2,1,3,5H3. The Labute approximate surface area is 128 Å². The second-order valence-corrected chi connectivity index (χ2v) is 5.44. The van der Waals surface area contributed by atoms with E-state index in [0.717, 1.165) is 35.4 Å². The van der Waals surface area contributed by atoms with Crippen LogP contribution in [0.5, 0.6) is 0 Å². The van der Waals surface area contributed by atoms with Gasteiger partial charge in [-0.1, -0.05) is 38.3 Å². The van der Waals surface area contributed by atoms with Crippen molar-refractivity contribution in [1.82, 2.24) is 10.6 Å². The van der Waals surface area contributed by atoms with Gasteiger partial charge in [-0.3, -0.25) is 0 Å². The molecule has 0 radical (unpaired) electrons. The summed E-state index contributed by atoms with van der Waals surface area (Å²) in [4.78, 5) is 0. The largest absolute Gasteiger partial charge is 0.361 e. The average Bonchev–Trinajstić information content (AvgIpc) is 2.47. The molecule has 0 aromatic heterocycles. The summed E-state index contributed by atoms with van der Waals surface area (Å²) >= 11 is 0. The van der Waals surface area contributed by atoms with Gasteiger partial charge >= 0.3 is 0 Å². The first-order valence-corrected chi connectivity index (χ1v) is 7.37. The van der Waals surface area contributed by atoms with E-state index in [0.29, 0.717) is 0 Å². The van der Waals surface area contributed by atoms with Crippen LogP contribution in [0.3, 0.4) is 0 Å². The smallest absolute Gasteiger partial charge is 0.0462 e. The second-order valence-electron chi connectivity index (χ2n) is 5.44. The fraction of sp³-hybridized carbons (Fsp3) is 0.263. The molecule has 0 bridgehead atoms. The van der Waals surface area contributed by atoms with E-state index < -0.39 is 0 Å². The molecule has 2 heteroatoms. The predicted molar refractivity (Wildman–Crippen MR) is 91.7 cm³/mol. The van der Waals surface area contributed by atoms with Crippen LogP contribution in [0.15, 0.2) is 60.4 Å². The Morgan fingerprint density at radius 3 is 2.67 bits per heavy atom. The summed E-state index contributed by atoms with van der Waals surface area (Å²) in [7, 11) is 1.98. The molecule has 0 fully saturated rings. The van der Waals surface area contributed by atoms with E-state index in [2.05, 4.69) is 55.0 Å². The highest BCUT2D eigenvalue weighted by molar-refractivity contribution is 5.75. The molecule has 1 aliphatic rings. The molecule has 1 aromatic carbocycles. The van der Waals surface area contributed by atoms with Crippen molar-refractivity contribution in [3.8, 4) is 0 Å². The minimum atomic E-state index is 0.853. The van der Waals surface area contributed by atoms with Gasteiger partial charge in [-0.25, -0.2) is 0 Å². The zero-order valence-corrected chi connectivity index (χ0v) is 13.2. The zero-order valence-electron chi connectivity index (χ0n) is 13.2. The van der Waals surface area contributed by atoms with E-state index in [9.17, 15) is 0 Å². The summed E-state index contributed by atoms with van der Waals surface area (Å²) in [5, 5.41) is 6.63. The highest BCUT2D eigenvalue weighted by Gasteiger charge is 2.13. The molecule has 0 spiro atoms. The summed E-state index contributed by atoms with van der Waals surface area (Å²) in [5.41, 5.74) is 8.09. The highest BCUT2D eigenvalue weighted by atomic mass is 14.9. The van der Waals surface area contributed by atoms with E-state index in [4.69, 9.17) is 0 Å². The molecule has 2 nitrogen and oxygen atoms in total. The number of rotatable bonds is 5. The third-order valence-corrected chi connectivity index (χ3v) is 3.73. The summed E-state index contributed by atoms with van der Waals surface area (Å²) < 4.78 is 0. The minimum absolute atomic E-state index is 0.853. The Morgan fingerprint density at radius 1 is 1.33 bits per heavy atom. The molecule has 0 saturated heterocycles. The van der Waals surface area contributed by atoms with Crippen molar-refractivity contribution in [3.63, 3.8) is 0 Å². The number of hydrogen-bond acceptors (Lipinski definition) is 2. The number of nitrogens with one attached hydrogen (secondary N) is 2. The van der Waals surface area contributed by atoms with Crippen molar-refractivity contribution in [3.05, 3.63) is 77.0 Å². The average molecular weight is 280 g/mol. The summed E-state index contributed by atoms with van der Waals surface area (Å²) in [6.45, 7) is 13.2. The molecule has 0 amide bonds. The number of hydrogen-bond donors (Lipinski definition) is 2. The van der Waals surface area contributed by atoms with E-state index >= 15 is 0 Å².